The van der Waals surface area contributed by atoms with Gasteiger partial charge >= 0.3 is 0 Å². The van der Waals surface area contributed by atoms with Gasteiger partial charge in [-0.15, -0.1) is 0 Å². The Labute approximate surface area is 104 Å². The number of benzene rings is 1. The summed E-state index contributed by atoms with van der Waals surface area (Å²) in [5.41, 5.74) is 0.811. The number of nitrogens with one attached hydrogen (secondary N) is 1. The molecule has 0 fully saturated rings. The largest absolute Gasteiger partial charge is 0.380 e. The van der Waals surface area contributed by atoms with Crippen LogP contribution >= 0.6 is 31.9 Å². The molecule has 5 heteroatoms. The predicted octanol–water partition coefficient (Wildman–Crippen LogP) is 3.02. The van der Waals surface area contributed by atoms with Crippen molar-refractivity contribution < 1.29 is 5.11 Å². The first-order valence-corrected chi connectivity index (χ1v) is 5.91. The highest BCUT2D eigenvalue weighted by atomic mass is 79.9. The Morgan fingerprint density at radius 1 is 1.20 bits per heavy atom. The lowest BCUT2D eigenvalue weighted by atomic mass is 10.1. The minimum absolute atomic E-state index is 0.514. The van der Waals surface area contributed by atoms with Crippen LogP contribution in [0.2, 0.25) is 0 Å². The summed E-state index contributed by atoms with van der Waals surface area (Å²) in [6.45, 7) is 0. The molecule has 15 heavy (non-hydrogen) atoms. The fraction of sp³-hybridized carbons (Fsp3) is 0.100. The number of H-pyrrole nitrogens is 1. The summed E-state index contributed by atoms with van der Waals surface area (Å²) in [5, 5.41) is 9.99. The number of aliphatic hydroxyl groups excluding tert-OH is 1. The lowest BCUT2D eigenvalue weighted by Gasteiger charge is -2.06. The average molecular weight is 332 g/mol. The van der Waals surface area contributed by atoms with Crippen LogP contribution in [0, 0.1) is 0 Å². The number of aromatic amines is 1. The second-order valence-electron chi connectivity index (χ2n) is 3.04. The molecule has 1 heterocycles. The summed E-state index contributed by atoms with van der Waals surface area (Å²) in [7, 11) is 0. The molecule has 0 aliphatic rings. The molecule has 2 rings (SSSR count). The van der Waals surface area contributed by atoms with Crippen molar-refractivity contribution >= 4 is 31.9 Å². The van der Waals surface area contributed by atoms with Crippen LogP contribution in [0.4, 0.5) is 0 Å². The highest BCUT2D eigenvalue weighted by molar-refractivity contribution is 9.13. The third-order valence-corrected chi connectivity index (χ3v) is 3.69. The minimum atomic E-state index is -0.728. The highest BCUT2D eigenvalue weighted by Gasteiger charge is 2.15. The monoisotopic (exact) mass is 330 g/mol. The molecule has 0 saturated heterocycles. The SMILES string of the molecule is OC(c1ccccc1)c1nc(Br)c(Br)[nH]1. The second-order valence-corrected chi connectivity index (χ2v) is 4.58. The van der Waals surface area contributed by atoms with Gasteiger partial charge in [0.1, 0.15) is 21.1 Å². The van der Waals surface area contributed by atoms with Crippen molar-refractivity contribution in [1.82, 2.24) is 9.97 Å². The van der Waals surface area contributed by atoms with Crippen LogP contribution in [0.25, 0.3) is 0 Å². The second kappa shape index (κ2) is 4.47. The molecule has 78 valence electrons. The van der Waals surface area contributed by atoms with Gasteiger partial charge in [0, 0.05) is 0 Å². The number of imidazole rings is 1. The molecule has 1 aromatic carbocycles. The first-order chi connectivity index (χ1) is 7.18. The van der Waals surface area contributed by atoms with Gasteiger partial charge < -0.3 is 10.1 Å². The summed E-state index contributed by atoms with van der Waals surface area (Å²) >= 11 is 6.54. The molecule has 0 aliphatic heterocycles. The first kappa shape index (κ1) is 10.9. The van der Waals surface area contributed by atoms with Crippen LogP contribution in [0.3, 0.4) is 0 Å². The third kappa shape index (κ3) is 2.30. The van der Waals surface area contributed by atoms with Crippen molar-refractivity contribution in [2.24, 2.45) is 0 Å². The van der Waals surface area contributed by atoms with Crippen molar-refractivity contribution in [3.8, 4) is 0 Å². The zero-order valence-corrected chi connectivity index (χ0v) is 10.8. The molecule has 0 saturated carbocycles. The van der Waals surface area contributed by atoms with E-state index >= 15 is 0 Å². The average Bonchev–Trinajstić information content (AvgIpc) is 2.59. The van der Waals surface area contributed by atoms with E-state index in [9.17, 15) is 5.11 Å². The van der Waals surface area contributed by atoms with Gasteiger partial charge in [-0.2, -0.15) is 0 Å². The first-order valence-electron chi connectivity index (χ1n) is 4.32. The van der Waals surface area contributed by atoms with Crippen LogP contribution < -0.4 is 0 Å². The molecule has 1 atom stereocenters. The molecule has 3 nitrogen and oxygen atoms in total. The molecule has 0 aliphatic carbocycles. The van der Waals surface area contributed by atoms with Gasteiger partial charge in [-0.3, -0.25) is 0 Å². The van der Waals surface area contributed by atoms with Crippen LogP contribution in [-0.4, -0.2) is 15.1 Å². The standard InChI is InChI=1S/C10H8Br2N2O/c11-8-9(12)14-10(13-8)7(15)6-4-2-1-3-5-6/h1-5,7,15H,(H,13,14). The minimum Gasteiger partial charge on any atom is -0.380 e. The summed E-state index contributed by atoms with van der Waals surface area (Å²) in [4.78, 5) is 7.10. The number of hydrogen-bond acceptors (Lipinski definition) is 2. The van der Waals surface area contributed by atoms with E-state index in [2.05, 4.69) is 41.8 Å². The van der Waals surface area contributed by atoms with Crippen molar-refractivity contribution in [2.45, 2.75) is 6.10 Å². The van der Waals surface area contributed by atoms with Crippen molar-refractivity contribution in [3.05, 3.63) is 50.9 Å². The molecule has 0 spiro atoms. The molecule has 0 bridgehead atoms. The smallest absolute Gasteiger partial charge is 0.141 e. The molecule has 1 unspecified atom stereocenters. The number of hydrogen-bond donors (Lipinski definition) is 2. The van der Waals surface area contributed by atoms with Crippen LogP contribution in [-0.2, 0) is 0 Å². The van der Waals surface area contributed by atoms with Gasteiger partial charge in [0.05, 0.1) is 0 Å². The topological polar surface area (TPSA) is 48.9 Å². The number of aromatic nitrogens is 2. The van der Waals surface area contributed by atoms with Gasteiger partial charge in [0.15, 0.2) is 0 Å². The van der Waals surface area contributed by atoms with Gasteiger partial charge in [-0.25, -0.2) is 4.98 Å². The van der Waals surface area contributed by atoms with E-state index in [1.807, 2.05) is 30.3 Å². The van der Waals surface area contributed by atoms with E-state index in [0.29, 0.717) is 10.4 Å². The third-order valence-electron chi connectivity index (χ3n) is 2.01. The Balaban J connectivity index is 2.32. The van der Waals surface area contributed by atoms with E-state index in [-0.39, 0.29) is 0 Å². The van der Waals surface area contributed by atoms with Crippen LogP contribution in [0.1, 0.15) is 17.5 Å². The maximum Gasteiger partial charge on any atom is 0.141 e. The normalized spacial score (nSPS) is 12.7. The molecular formula is C10H8Br2N2O. The molecule has 2 N–H and O–H groups in total. The van der Waals surface area contributed by atoms with Gasteiger partial charge in [-0.1, -0.05) is 30.3 Å². The van der Waals surface area contributed by atoms with E-state index in [1.165, 1.54) is 0 Å². The van der Waals surface area contributed by atoms with E-state index in [1.54, 1.807) is 0 Å². The maximum absolute atomic E-state index is 9.99. The van der Waals surface area contributed by atoms with E-state index in [0.717, 1.165) is 10.2 Å². The lowest BCUT2D eigenvalue weighted by molar-refractivity contribution is 0.211. The number of aliphatic hydroxyl groups is 1. The van der Waals surface area contributed by atoms with Gasteiger partial charge in [0.2, 0.25) is 0 Å². The van der Waals surface area contributed by atoms with Gasteiger partial charge in [-0.05, 0) is 37.4 Å². The Morgan fingerprint density at radius 2 is 1.87 bits per heavy atom. The Bertz CT molecular complexity index is 436. The molecule has 2 aromatic rings. The summed E-state index contributed by atoms with van der Waals surface area (Å²) < 4.78 is 1.39. The Kier molecular flexibility index (Phi) is 3.23. The molecule has 0 amide bonds. The number of nitrogens with zero attached hydrogens (tertiary/aromatic N) is 1. The van der Waals surface area contributed by atoms with Crippen LogP contribution in [0.5, 0.6) is 0 Å². The van der Waals surface area contributed by atoms with E-state index < -0.39 is 6.10 Å². The maximum atomic E-state index is 9.99. The van der Waals surface area contributed by atoms with E-state index in [4.69, 9.17) is 0 Å². The quantitative estimate of drug-likeness (QED) is 0.888. The highest BCUT2D eigenvalue weighted by Crippen LogP contribution is 2.25. The van der Waals surface area contributed by atoms with Crippen molar-refractivity contribution in [2.75, 3.05) is 0 Å². The van der Waals surface area contributed by atoms with Crippen LogP contribution in [0.15, 0.2) is 39.5 Å². The molecule has 0 radical (unpaired) electrons. The van der Waals surface area contributed by atoms with Crippen molar-refractivity contribution in [1.29, 1.82) is 0 Å². The zero-order valence-electron chi connectivity index (χ0n) is 7.61. The van der Waals surface area contributed by atoms with Gasteiger partial charge in [0.25, 0.3) is 0 Å². The number of rotatable bonds is 2. The fourth-order valence-corrected chi connectivity index (χ4v) is 1.85. The molecule has 1 aromatic heterocycles. The Hall–Kier alpha value is -0.650. The fourth-order valence-electron chi connectivity index (χ4n) is 1.27. The molecular weight excluding hydrogens is 324 g/mol. The zero-order chi connectivity index (χ0) is 10.8. The summed E-state index contributed by atoms with van der Waals surface area (Å²) in [5.74, 6) is 0.514. The number of halogens is 2. The predicted molar refractivity (Wildman–Crippen MR) is 64.5 cm³/mol. The van der Waals surface area contributed by atoms with Crippen molar-refractivity contribution in [3.63, 3.8) is 0 Å². The lowest BCUT2D eigenvalue weighted by Crippen LogP contribution is -2.01. The summed E-state index contributed by atoms with van der Waals surface area (Å²) in [6, 6.07) is 9.38. The Morgan fingerprint density at radius 3 is 2.40 bits per heavy atom. The summed E-state index contributed by atoms with van der Waals surface area (Å²) in [6.07, 6.45) is -0.728.